The summed E-state index contributed by atoms with van der Waals surface area (Å²) in [5, 5.41) is 3.45. The molecular weight excluding hydrogens is 491 g/mol. The summed E-state index contributed by atoms with van der Waals surface area (Å²) in [5.74, 6) is -0.342. The summed E-state index contributed by atoms with van der Waals surface area (Å²) in [6.07, 6.45) is 2.76. The Morgan fingerprint density at radius 1 is 0.973 bits per heavy atom. The SMILES string of the molecule is Nc1cc(-c2ccc(F)cc2)cc(Cl)c1C[C@H]1CCN(C2CCN(C(=O)Nc3ccccc3)CC2)C1=O. The Balaban J connectivity index is 1.18. The quantitative estimate of drug-likeness (QED) is 0.416. The zero-order valence-electron chi connectivity index (χ0n) is 20.5. The lowest BCUT2D eigenvalue weighted by atomic mass is 9.94. The smallest absolute Gasteiger partial charge is 0.321 e. The molecule has 3 N–H and O–H groups in total. The number of halogens is 2. The van der Waals surface area contributed by atoms with Crippen molar-refractivity contribution in [1.29, 1.82) is 0 Å². The maximum absolute atomic E-state index is 13.3. The fourth-order valence-corrected chi connectivity index (χ4v) is 5.65. The van der Waals surface area contributed by atoms with Crippen molar-refractivity contribution < 1.29 is 14.0 Å². The zero-order valence-corrected chi connectivity index (χ0v) is 21.3. The number of urea groups is 1. The van der Waals surface area contributed by atoms with Crippen LogP contribution in [-0.2, 0) is 11.2 Å². The first kappa shape index (κ1) is 25.1. The van der Waals surface area contributed by atoms with E-state index in [-0.39, 0.29) is 29.7 Å². The third-order valence-corrected chi connectivity index (χ3v) is 7.76. The Bertz CT molecular complexity index is 1250. The maximum Gasteiger partial charge on any atom is 0.321 e. The standard InChI is InChI=1S/C29H30ClFN4O2/c30-26-17-21(19-6-8-22(31)9-7-19)18-27(32)25(26)16-20-10-15-35(28(20)36)24-11-13-34(14-12-24)29(37)33-23-4-2-1-3-5-23/h1-9,17-18,20,24H,10-16,32H2,(H,33,37)/t20-/m1/s1. The number of nitrogens with two attached hydrogens (primary N) is 1. The van der Waals surface area contributed by atoms with E-state index < -0.39 is 0 Å². The molecular formula is C29H30ClFN4O2. The maximum atomic E-state index is 13.3. The molecule has 3 amide bonds. The second-order valence-corrected chi connectivity index (χ2v) is 10.2. The number of rotatable bonds is 5. The predicted octanol–water partition coefficient (Wildman–Crippen LogP) is 5.82. The van der Waals surface area contributed by atoms with Gasteiger partial charge in [-0.2, -0.15) is 0 Å². The van der Waals surface area contributed by atoms with Gasteiger partial charge in [-0.15, -0.1) is 0 Å². The van der Waals surface area contributed by atoms with Crippen molar-refractivity contribution in [2.45, 2.75) is 31.7 Å². The fourth-order valence-electron chi connectivity index (χ4n) is 5.35. The van der Waals surface area contributed by atoms with Crippen LogP contribution in [-0.4, -0.2) is 47.4 Å². The molecule has 0 unspecified atom stereocenters. The van der Waals surface area contributed by atoms with Gasteiger partial charge in [0.25, 0.3) is 0 Å². The lowest BCUT2D eigenvalue weighted by Crippen LogP contribution is -2.48. The van der Waals surface area contributed by atoms with Gasteiger partial charge in [0.2, 0.25) is 5.91 Å². The lowest BCUT2D eigenvalue weighted by Gasteiger charge is -2.36. The highest BCUT2D eigenvalue weighted by atomic mass is 35.5. The Morgan fingerprint density at radius 3 is 2.35 bits per heavy atom. The minimum absolute atomic E-state index is 0.107. The molecule has 3 aromatic carbocycles. The van der Waals surface area contributed by atoms with Crippen molar-refractivity contribution >= 4 is 34.9 Å². The van der Waals surface area contributed by atoms with Crippen LogP contribution in [0.2, 0.25) is 5.02 Å². The molecule has 2 fully saturated rings. The summed E-state index contributed by atoms with van der Waals surface area (Å²) in [4.78, 5) is 29.7. The number of nitrogens with zero attached hydrogens (tertiary/aromatic N) is 2. The highest BCUT2D eigenvalue weighted by Gasteiger charge is 2.38. The number of hydrogen-bond donors (Lipinski definition) is 2. The molecule has 192 valence electrons. The van der Waals surface area contributed by atoms with Crippen molar-refractivity contribution in [2.75, 3.05) is 30.7 Å². The van der Waals surface area contributed by atoms with E-state index >= 15 is 0 Å². The van der Waals surface area contributed by atoms with Gasteiger partial charge in [0.1, 0.15) is 5.82 Å². The summed E-state index contributed by atoms with van der Waals surface area (Å²) in [5.41, 5.74) is 10.1. The molecule has 2 heterocycles. The van der Waals surface area contributed by atoms with Crippen LogP contribution in [0.4, 0.5) is 20.6 Å². The normalized spacial score (nSPS) is 18.3. The van der Waals surface area contributed by atoms with Gasteiger partial charge in [0.05, 0.1) is 0 Å². The monoisotopic (exact) mass is 520 g/mol. The topological polar surface area (TPSA) is 78.7 Å². The Hall–Kier alpha value is -3.58. The number of hydrogen-bond acceptors (Lipinski definition) is 3. The van der Waals surface area contributed by atoms with Gasteiger partial charge in [-0.05, 0) is 78.8 Å². The number of carbonyl (C=O) groups excluding carboxylic acids is 2. The number of anilines is 2. The molecule has 1 atom stereocenters. The average molecular weight is 521 g/mol. The van der Waals surface area contributed by atoms with Crippen LogP contribution in [0.15, 0.2) is 66.7 Å². The number of nitrogens with one attached hydrogen (secondary N) is 1. The van der Waals surface area contributed by atoms with Crippen molar-refractivity contribution in [1.82, 2.24) is 9.80 Å². The first-order chi connectivity index (χ1) is 17.9. The summed E-state index contributed by atoms with van der Waals surface area (Å²) in [7, 11) is 0. The van der Waals surface area contributed by atoms with E-state index in [1.807, 2.05) is 52.3 Å². The van der Waals surface area contributed by atoms with Crippen molar-refractivity contribution in [3.8, 4) is 11.1 Å². The van der Waals surface area contributed by atoms with E-state index in [9.17, 15) is 14.0 Å². The number of piperidine rings is 1. The Morgan fingerprint density at radius 2 is 1.68 bits per heavy atom. The first-order valence-corrected chi connectivity index (χ1v) is 13.0. The molecule has 2 saturated heterocycles. The van der Waals surface area contributed by atoms with Crippen LogP contribution < -0.4 is 11.1 Å². The fraction of sp³-hybridized carbons (Fsp3) is 0.310. The van der Waals surface area contributed by atoms with Crippen molar-refractivity contribution in [3.63, 3.8) is 0 Å². The third kappa shape index (κ3) is 5.57. The summed E-state index contributed by atoms with van der Waals surface area (Å²) < 4.78 is 13.3. The third-order valence-electron chi connectivity index (χ3n) is 7.43. The summed E-state index contributed by atoms with van der Waals surface area (Å²) >= 11 is 6.61. The van der Waals surface area contributed by atoms with Gasteiger partial charge < -0.3 is 20.9 Å². The van der Waals surface area contributed by atoms with Crippen LogP contribution >= 0.6 is 11.6 Å². The molecule has 0 radical (unpaired) electrons. The van der Waals surface area contributed by atoms with E-state index in [2.05, 4.69) is 5.32 Å². The highest BCUT2D eigenvalue weighted by molar-refractivity contribution is 6.32. The van der Waals surface area contributed by atoms with Gasteiger partial charge in [0, 0.05) is 48.0 Å². The molecule has 0 saturated carbocycles. The highest BCUT2D eigenvalue weighted by Crippen LogP contribution is 2.35. The largest absolute Gasteiger partial charge is 0.398 e. The molecule has 0 spiro atoms. The van der Waals surface area contributed by atoms with Crippen LogP contribution in [0.25, 0.3) is 11.1 Å². The Labute approximate surface area is 221 Å². The van der Waals surface area contributed by atoms with Gasteiger partial charge in [-0.1, -0.05) is 41.9 Å². The van der Waals surface area contributed by atoms with Crippen molar-refractivity contribution in [3.05, 3.63) is 83.1 Å². The number of para-hydroxylation sites is 1. The van der Waals surface area contributed by atoms with Crippen molar-refractivity contribution in [2.24, 2.45) is 5.92 Å². The molecule has 3 aromatic rings. The van der Waals surface area contributed by atoms with Gasteiger partial charge in [-0.3, -0.25) is 4.79 Å². The Kier molecular flexibility index (Phi) is 7.33. The first-order valence-electron chi connectivity index (χ1n) is 12.6. The van der Waals surface area contributed by atoms with Gasteiger partial charge >= 0.3 is 6.03 Å². The molecule has 2 aliphatic heterocycles. The summed E-state index contributed by atoms with van der Waals surface area (Å²) in [6, 6.07) is 19.3. The molecule has 6 nitrogen and oxygen atoms in total. The second-order valence-electron chi connectivity index (χ2n) is 9.77. The average Bonchev–Trinajstić information content (AvgIpc) is 3.27. The minimum Gasteiger partial charge on any atom is -0.398 e. The number of carbonyl (C=O) groups is 2. The molecule has 2 aliphatic rings. The van der Waals surface area contributed by atoms with E-state index in [1.54, 1.807) is 12.1 Å². The minimum atomic E-state index is -0.301. The molecule has 37 heavy (non-hydrogen) atoms. The molecule has 0 aromatic heterocycles. The molecule has 8 heteroatoms. The lowest BCUT2D eigenvalue weighted by molar-refractivity contribution is -0.133. The number of amides is 3. The van der Waals surface area contributed by atoms with Gasteiger partial charge in [0.15, 0.2) is 0 Å². The number of benzene rings is 3. The van der Waals surface area contributed by atoms with E-state index in [4.69, 9.17) is 17.3 Å². The number of nitrogen functional groups attached to an aromatic ring is 1. The molecule has 5 rings (SSSR count). The van der Waals surface area contributed by atoms with Crippen LogP contribution in [0.1, 0.15) is 24.8 Å². The van der Waals surface area contributed by atoms with E-state index in [0.717, 1.165) is 41.6 Å². The van der Waals surface area contributed by atoms with Crippen LogP contribution in [0.3, 0.4) is 0 Å². The van der Waals surface area contributed by atoms with Gasteiger partial charge in [-0.25, -0.2) is 9.18 Å². The van der Waals surface area contributed by atoms with Crippen LogP contribution in [0.5, 0.6) is 0 Å². The number of likely N-dealkylation sites (tertiary alicyclic amines) is 2. The molecule has 0 bridgehead atoms. The zero-order chi connectivity index (χ0) is 25.9. The summed E-state index contributed by atoms with van der Waals surface area (Å²) in [6.45, 7) is 1.93. The van der Waals surface area contributed by atoms with Crippen LogP contribution in [0, 0.1) is 11.7 Å². The van der Waals surface area contributed by atoms with E-state index in [0.29, 0.717) is 36.8 Å². The second kappa shape index (κ2) is 10.8. The predicted molar refractivity (Wildman–Crippen MR) is 145 cm³/mol. The van der Waals surface area contributed by atoms with E-state index in [1.165, 1.54) is 12.1 Å². The molecule has 0 aliphatic carbocycles.